The fourth-order valence-corrected chi connectivity index (χ4v) is 4.15. The SMILES string of the molecule is Cc1nc(CN2CCCC(S(C)(=O)=O)CC2)cs1. The maximum atomic E-state index is 11.6. The molecule has 1 atom stereocenters. The lowest BCUT2D eigenvalue weighted by Gasteiger charge is -2.18. The van der Waals surface area contributed by atoms with Crippen LogP contribution in [-0.4, -0.2) is 42.9 Å². The zero-order valence-electron chi connectivity index (χ0n) is 10.9. The minimum atomic E-state index is -2.88. The fraction of sp³-hybridized carbons (Fsp3) is 0.750. The van der Waals surface area contributed by atoms with E-state index in [2.05, 4.69) is 15.3 Å². The Kier molecular flexibility index (Phi) is 4.40. The molecule has 0 bridgehead atoms. The Morgan fingerprint density at radius 2 is 2.22 bits per heavy atom. The van der Waals surface area contributed by atoms with Gasteiger partial charge in [0.15, 0.2) is 0 Å². The summed E-state index contributed by atoms with van der Waals surface area (Å²) in [7, 11) is -2.88. The summed E-state index contributed by atoms with van der Waals surface area (Å²) < 4.78 is 23.2. The van der Waals surface area contributed by atoms with E-state index in [-0.39, 0.29) is 5.25 Å². The van der Waals surface area contributed by atoms with E-state index in [1.54, 1.807) is 11.3 Å². The van der Waals surface area contributed by atoms with Crippen LogP contribution < -0.4 is 0 Å². The lowest BCUT2D eigenvalue weighted by Crippen LogP contribution is -2.26. The Labute approximate surface area is 113 Å². The van der Waals surface area contributed by atoms with Crippen LogP contribution in [0.1, 0.15) is 30.0 Å². The molecule has 18 heavy (non-hydrogen) atoms. The highest BCUT2D eigenvalue weighted by atomic mass is 32.2. The van der Waals surface area contributed by atoms with Gasteiger partial charge in [-0.25, -0.2) is 13.4 Å². The molecule has 2 heterocycles. The average molecular weight is 288 g/mol. The van der Waals surface area contributed by atoms with Crippen LogP contribution >= 0.6 is 11.3 Å². The van der Waals surface area contributed by atoms with Gasteiger partial charge in [-0.2, -0.15) is 0 Å². The summed E-state index contributed by atoms with van der Waals surface area (Å²) in [6, 6.07) is 0. The number of rotatable bonds is 3. The summed E-state index contributed by atoms with van der Waals surface area (Å²) in [6.45, 7) is 4.69. The van der Waals surface area contributed by atoms with Crippen molar-refractivity contribution in [3.8, 4) is 0 Å². The van der Waals surface area contributed by atoms with Gasteiger partial charge in [0.05, 0.1) is 16.0 Å². The monoisotopic (exact) mass is 288 g/mol. The molecule has 6 heteroatoms. The minimum Gasteiger partial charge on any atom is -0.297 e. The first-order chi connectivity index (χ1) is 8.45. The molecule has 1 saturated heterocycles. The molecule has 1 aliphatic heterocycles. The lowest BCUT2D eigenvalue weighted by atomic mass is 10.2. The molecule has 0 N–H and O–H groups in total. The van der Waals surface area contributed by atoms with Crippen molar-refractivity contribution in [2.75, 3.05) is 19.3 Å². The highest BCUT2D eigenvalue weighted by molar-refractivity contribution is 7.91. The molecule has 0 amide bonds. The van der Waals surface area contributed by atoms with E-state index in [1.165, 1.54) is 6.26 Å². The predicted molar refractivity (Wildman–Crippen MR) is 74.6 cm³/mol. The van der Waals surface area contributed by atoms with E-state index < -0.39 is 9.84 Å². The summed E-state index contributed by atoms with van der Waals surface area (Å²) >= 11 is 1.67. The van der Waals surface area contributed by atoms with E-state index >= 15 is 0 Å². The third-order valence-electron chi connectivity index (χ3n) is 3.43. The Hall–Kier alpha value is -0.460. The van der Waals surface area contributed by atoms with Gasteiger partial charge in [0.25, 0.3) is 0 Å². The molecule has 0 saturated carbocycles. The van der Waals surface area contributed by atoms with Crippen molar-refractivity contribution in [3.63, 3.8) is 0 Å². The summed E-state index contributed by atoms with van der Waals surface area (Å²) in [6.07, 6.45) is 3.87. The molecule has 0 aromatic carbocycles. The largest absolute Gasteiger partial charge is 0.297 e. The van der Waals surface area contributed by atoms with Gasteiger partial charge in [0.2, 0.25) is 0 Å². The molecular formula is C12H20N2O2S2. The second kappa shape index (κ2) is 5.67. The molecule has 0 radical (unpaired) electrons. The second-order valence-electron chi connectivity index (χ2n) is 5.02. The molecule has 2 rings (SSSR count). The number of sulfone groups is 1. The number of hydrogen-bond donors (Lipinski definition) is 0. The van der Waals surface area contributed by atoms with Crippen LogP contribution in [0.15, 0.2) is 5.38 Å². The van der Waals surface area contributed by atoms with Crippen molar-refractivity contribution < 1.29 is 8.42 Å². The number of nitrogens with zero attached hydrogens (tertiary/aromatic N) is 2. The Morgan fingerprint density at radius 3 is 2.83 bits per heavy atom. The van der Waals surface area contributed by atoms with Crippen molar-refractivity contribution in [1.82, 2.24) is 9.88 Å². The number of thiazole rings is 1. The van der Waals surface area contributed by atoms with E-state index in [0.29, 0.717) is 0 Å². The van der Waals surface area contributed by atoms with Gasteiger partial charge >= 0.3 is 0 Å². The molecule has 1 aromatic rings. The van der Waals surface area contributed by atoms with Gasteiger partial charge in [-0.15, -0.1) is 11.3 Å². The highest BCUT2D eigenvalue weighted by Crippen LogP contribution is 2.19. The first kappa shape index (κ1) is 14.0. The van der Waals surface area contributed by atoms with Crippen molar-refractivity contribution in [2.45, 2.75) is 38.0 Å². The Balaban J connectivity index is 1.93. The van der Waals surface area contributed by atoms with Crippen LogP contribution in [-0.2, 0) is 16.4 Å². The maximum absolute atomic E-state index is 11.6. The van der Waals surface area contributed by atoms with E-state index in [0.717, 1.165) is 49.6 Å². The zero-order chi connectivity index (χ0) is 13.2. The summed E-state index contributed by atoms with van der Waals surface area (Å²) in [4.78, 5) is 6.78. The summed E-state index contributed by atoms with van der Waals surface area (Å²) in [5, 5.41) is 3.03. The number of aryl methyl sites for hydroxylation is 1. The third kappa shape index (κ3) is 3.76. The standard InChI is InChI=1S/C12H20N2O2S2/c1-10-13-11(9-17-10)8-14-6-3-4-12(5-7-14)18(2,15)16/h9,12H,3-8H2,1-2H3. The molecule has 4 nitrogen and oxygen atoms in total. The molecule has 1 aliphatic rings. The Morgan fingerprint density at radius 1 is 1.44 bits per heavy atom. The van der Waals surface area contributed by atoms with Gasteiger partial charge in [0.1, 0.15) is 9.84 Å². The van der Waals surface area contributed by atoms with Crippen LogP contribution in [0.2, 0.25) is 0 Å². The van der Waals surface area contributed by atoms with Gasteiger partial charge < -0.3 is 0 Å². The van der Waals surface area contributed by atoms with Crippen LogP contribution in [0.3, 0.4) is 0 Å². The molecule has 102 valence electrons. The normalized spacial score (nSPS) is 22.9. The van der Waals surface area contributed by atoms with Crippen LogP contribution in [0.4, 0.5) is 0 Å². The fourth-order valence-electron chi connectivity index (χ4n) is 2.42. The minimum absolute atomic E-state index is 0.153. The molecular weight excluding hydrogens is 268 g/mol. The third-order valence-corrected chi connectivity index (χ3v) is 5.93. The van der Waals surface area contributed by atoms with Crippen molar-refractivity contribution >= 4 is 21.2 Å². The molecule has 0 aliphatic carbocycles. The maximum Gasteiger partial charge on any atom is 0.150 e. The summed E-state index contributed by atoms with van der Waals surface area (Å²) in [5.74, 6) is 0. The van der Waals surface area contributed by atoms with Crippen molar-refractivity contribution in [2.24, 2.45) is 0 Å². The van der Waals surface area contributed by atoms with Gasteiger partial charge in [-0.05, 0) is 39.3 Å². The zero-order valence-corrected chi connectivity index (χ0v) is 12.6. The first-order valence-corrected chi connectivity index (χ1v) is 9.11. The van der Waals surface area contributed by atoms with Gasteiger partial charge in [-0.1, -0.05) is 0 Å². The first-order valence-electron chi connectivity index (χ1n) is 6.27. The van der Waals surface area contributed by atoms with Crippen molar-refractivity contribution in [3.05, 3.63) is 16.1 Å². The van der Waals surface area contributed by atoms with Crippen LogP contribution in [0.25, 0.3) is 0 Å². The second-order valence-corrected chi connectivity index (χ2v) is 8.40. The predicted octanol–water partition coefficient (Wildman–Crippen LogP) is 1.85. The number of hydrogen-bond acceptors (Lipinski definition) is 5. The molecule has 1 fully saturated rings. The van der Waals surface area contributed by atoms with Crippen LogP contribution in [0.5, 0.6) is 0 Å². The quantitative estimate of drug-likeness (QED) is 0.852. The summed E-state index contributed by atoms with van der Waals surface area (Å²) in [5.41, 5.74) is 1.11. The van der Waals surface area contributed by atoms with E-state index in [4.69, 9.17) is 0 Å². The Bertz CT molecular complexity index is 496. The highest BCUT2D eigenvalue weighted by Gasteiger charge is 2.24. The topological polar surface area (TPSA) is 50.3 Å². The average Bonchev–Trinajstić information content (AvgIpc) is 2.53. The van der Waals surface area contributed by atoms with Crippen molar-refractivity contribution in [1.29, 1.82) is 0 Å². The number of aromatic nitrogens is 1. The molecule has 1 aromatic heterocycles. The lowest BCUT2D eigenvalue weighted by molar-refractivity contribution is 0.274. The van der Waals surface area contributed by atoms with Gasteiger partial charge in [0, 0.05) is 18.2 Å². The van der Waals surface area contributed by atoms with E-state index in [9.17, 15) is 8.42 Å². The molecule has 1 unspecified atom stereocenters. The number of likely N-dealkylation sites (tertiary alicyclic amines) is 1. The van der Waals surface area contributed by atoms with Crippen LogP contribution in [0, 0.1) is 6.92 Å². The smallest absolute Gasteiger partial charge is 0.150 e. The molecule has 0 spiro atoms. The van der Waals surface area contributed by atoms with E-state index in [1.807, 2.05) is 6.92 Å². The van der Waals surface area contributed by atoms with Gasteiger partial charge in [-0.3, -0.25) is 4.90 Å².